The summed E-state index contributed by atoms with van der Waals surface area (Å²) >= 11 is 30.0. The first-order valence-electron chi connectivity index (χ1n) is 6.86. The minimum atomic E-state index is -1.63. The highest BCUT2D eigenvalue weighted by Crippen LogP contribution is 2.34. The molecule has 1 heterocycles. The number of carbonyl (C=O) groups is 1. The molecular formula is C14H15Cl5N2O. The molecule has 1 aliphatic rings. The van der Waals surface area contributed by atoms with Gasteiger partial charge in [-0.1, -0.05) is 64.4 Å². The number of piperidine rings is 1. The first kappa shape index (κ1) is 18.4. The third-order valence-corrected chi connectivity index (χ3v) is 4.68. The molecule has 0 radical (unpaired) electrons. The molecule has 0 bridgehead atoms. The number of hydrogen-bond donors (Lipinski definition) is 1. The molecule has 1 unspecified atom stereocenters. The summed E-state index contributed by atoms with van der Waals surface area (Å²) in [6.07, 6.45) is 2.45. The van der Waals surface area contributed by atoms with Crippen LogP contribution in [0.1, 0.15) is 29.6 Å². The number of nitrogens with one attached hydrogen (secondary N) is 1. The zero-order valence-corrected chi connectivity index (χ0v) is 15.4. The standard InChI is InChI=1S/C14H15Cl5N2O/c15-9-4-5-10(11(16)8-9)12(22)20-13(14(17,18)19)21-6-2-1-3-7-21/h4-5,8,13H,1-3,6-7H2,(H,20,22). The molecule has 1 fully saturated rings. The molecule has 0 aliphatic carbocycles. The molecule has 0 saturated carbocycles. The fraction of sp³-hybridized carbons (Fsp3) is 0.500. The maximum atomic E-state index is 12.4. The highest BCUT2D eigenvalue weighted by Gasteiger charge is 2.39. The van der Waals surface area contributed by atoms with Crippen LogP contribution in [0.15, 0.2) is 18.2 Å². The average molecular weight is 405 g/mol. The molecule has 22 heavy (non-hydrogen) atoms. The fourth-order valence-corrected chi connectivity index (χ4v) is 3.50. The van der Waals surface area contributed by atoms with Crippen molar-refractivity contribution in [3.8, 4) is 0 Å². The van der Waals surface area contributed by atoms with Gasteiger partial charge in [-0.15, -0.1) is 0 Å². The Morgan fingerprint density at radius 2 is 1.77 bits per heavy atom. The van der Waals surface area contributed by atoms with Crippen LogP contribution in [0.5, 0.6) is 0 Å². The lowest BCUT2D eigenvalue weighted by atomic mass is 10.1. The van der Waals surface area contributed by atoms with E-state index in [0.29, 0.717) is 10.6 Å². The van der Waals surface area contributed by atoms with E-state index < -0.39 is 15.9 Å². The van der Waals surface area contributed by atoms with Crippen molar-refractivity contribution in [2.45, 2.75) is 29.2 Å². The molecule has 1 aromatic carbocycles. The van der Waals surface area contributed by atoms with Gasteiger partial charge in [0.2, 0.25) is 3.79 Å². The number of benzene rings is 1. The summed E-state index contributed by atoms with van der Waals surface area (Å²) in [5, 5.41) is 3.48. The van der Waals surface area contributed by atoms with Gasteiger partial charge in [-0.2, -0.15) is 0 Å². The second-order valence-electron chi connectivity index (χ2n) is 5.14. The van der Waals surface area contributed by atoms with Crippen LogP contribution >= 0.6 is 58.0 Å². The molecule has 8 heteroatoms. The smallest absolute Gasteiger partial charge is 0.254 e. The lowest BCUT2D eigenvalue weighted by molar-refractivity contribution is 0.0819. The first-order chi connectivity index (χ1) is 10.3. The molecule has 2 rings (SSSR count). The Hall–Kier alpha value is 0.1000. The van der Waals surface area contributed by atoms with Crippen molar-refractivity contribution in [2.24, 2.45) is 0 Å². The van der Waals surface area contributed by atoms with E-state index in [-0.39, 0.29) is 5.02 Å². The van der Waals surface area contributed by atoms with Crippen LogP contribution < -0.4 is 5.32 Å². The van der Waals surface area contributed by atoms with Crippen LogP contribution in [0, 0.1) is 0 Å². The molecule has 3 nitrogen and oxygen atoms in total. The molecule has 1 N–H and O–H groups in total. The Bertz CT molecular complexity index is 541. The van der Waals surface area contributed by atoms with Crippen molar-refractivity contribution in [1.29, 1.82) is 0 Å². The number of halogens is 5. The Labute approximate surface area is 154 Å². The summed E-state index contributed by atoms with van der Waals surface area (Å²) < 4.78 is -1.63. The van der Waals surface area contributed by atoms with Crippen molar-refractivity contribution < 1.29 is 4.79 Å². The minimum Gasteiger partial charge on any atom is -0.332 e. The van der Waals surface area contributed by atoms with Crippen LogP contribution in [-0.4, -0.2) is 33.9 Å². The predicted octanol–water partition coefficient (Wildman–Crippen LogP) is 4.91. The lowest BCUT2D eigenvalue weighted by Crippen LogP contribution is -2.56. The van der Waals surface area contributed by atoms with Gasteiger partial charge >= 0.3 is 0 Å². The van der Waals surface area contributed by atoms with E-state index >= 15 is 0 Å². The third kappa shape index (κ3) is 4.80. The maximum absolute atomic E-state index is 12.4. The molecule has 1 amide bonds. The van der Waals surface area contributed by atoms with E-state index in [9.17, 15) is 4.79 Å². The average Bonchev–Trinajstić information content (AvgIpc) is 2.44. The number of nitrogens with zero attached hydrogens (tertiary/aromatic N) is 1. The summed E-state index contributed by atoms with van der Waals surface area (Å²) in [4.78, 5) is 14.4. The van der Waals surface area contributed by atoms with E-state index in [4.69, 9.17) is 58.0 Å². The summed E-state index contributed by atoms with van der Waals surface area (Å²) in [6, 6.07) is 4.64. The van der Waals surface area contributed by atoms with Crippen molar-refractivity contribution >= 4 is 63.9 Å². The number of hydrogen-bond acceptors (Lipinski definition) is 2. The number of carbonyl (C=O) groups excluding carboxylic acids is 1. The predicted molar refractivity (Wildman–Crippen MR) is 93.4 cm³/mol. The lowest BCUT2D eigenvalue weighted by Gasteiger charge is -2.38. The van der Waals surface area contributed by atoms with Crippen LogP contribution in [0.25, 0.3) is 0 Å². The van der Waals surface area contributed by atoms with Crippen LogP contribution in [0.2, 0.25) is 10.0 Å². The number of alkyl halides is 3. The van der Waals surface area contributed by atoms with Crippen LogP contribution in [0.3, 0.4) is 0 Å². The first-order valence-corrected chi connectivity index (χ1v) is 8.74. The van der Waals surface area contributed by atoms with Gasteiger partial charge in [0.15, 0.2) is 0 Å². The molecule has 0 spiro atoms. The highest BCUT2D eigenvalue weighted by atomic mass is 35.6. The van der Waals surface area contributed by atoms with Gasteiger partial charge in [-0.25, -0.2) is 0 Å². The molecular weight excluding hydrogens is 389 g/mol. The van der Waals surface area contributed by atoms with Gasteiger partial charge in [0, 0.05) is 18.1 Å². The second kappa shape index (κ2) is 7.78. The minimum absolute atomic E-state index is 0.256. The maximum Gasteiger partial charge on any atom is 0.254 e. The van der Waals surface area contributed by atoms with Gasteiger partial charge in [0.05, 0.1) is 10.6 Å². The molecule has 122 valence electrons. The van der Waals surface area contributed by atoms with Gasteiger partial charge < -0.3 is 5.32 Å². The molecule has 1 aromatic rings. The number of likely N-dealkylation sites (tertiary alicyclic amines) is 1. The van der Waals surface area contributed by atoms with Gasteiger partial charge in [-0.3, -0.25) is 9.69 Å². The third-order valence-electron chi connectivity index (χ3n) is 3.51. The van der Waals surface area contributed by atoms with Crippen molar-refractivity contribution in [3.63, 3.8) is 0 Å². The largest absolute Gasteiger partial charge is 0.332 e. The Kier molecular flexibility index (Phi) is 6.52. The normalized spacial score (nSPS) is 18.0. The number of rotatable bonds is 3. The monoisotopic (exact) mass is 402 g/mol. The van der Waals surface area contributed by atoms with Gasteiger partial charge in [0.25, 0.3) is 5.91 Å². The second-order valence-corrected chi connectivity index (χ2v) is 8.35. The quantitative estimate of drug-likeness (QED) is 0.727. The molecule has 1 aliphatic heterocycles. The Balaban J connectivity index is 2.17. The van der Waals surface area contributed by atoms with Crippen LogP contribution in [0.4, 0.5) is 0 Å². The van der Waals surface area contributed by atoms with Gasteiger partial charge in [0.1, 0.15) is 6.17 Å². The summed E-state index contributed by atoms with van der Waals surface area (Å²) in [6.45, 7) is 1.54. The van der Waals surface area contributed by atoms with Crippen LogP contribution in [-0.2, 0) is 0 Å². The zero-order valence-electron chi connectivity index (χ0n) is 11.6. The zero-order chi connectivity index (χ0) is 16.3. The fourth-order valence-electron chi connectivity index (χ4n) is 2.43. The summed E-state index contributed by atoms with van der Waals surface area (Å²) in [5.74, 6) is -0.399. The van der Waals surface area contributed by atoms with Crippen molar-refractivity contribution in [3.05, 3.63) is 33.8 Å². The topological polar surface area (TPSA) is 32.3 Å². The van der Waals surface area contributed by atoms with E-state index in [1.54, 1.807) is 12.1 Å². The van der Waals surface area contributed by atoms with E-state index in [2.05, 4.69) is 5.32 Å². The van der Waals surface area contributed by atoms with E-state index in [1.165, 1.54) is 6.07 Å². The molecule has 1 saturated heterocycles. The summed E-state index contributed by atoms with van der Waals surface area (Å²) in [5.41, 5.74) is 0.294. The van der Waals surface area contributed by atoms with E-state index in [0.717, 1.165) is 32.4 Å². The number of amides is 1. The van der Waals surface area contributed by atoms with Crippen molar-refractivity contribution in [2.75, 3.05) is 13.1 Å². The van der Waals surface area contributed by atoms with E-state index in [1.807, 2.05) is 4.90 Å². The molecule has 1 atom stereocenters. The Morgan fingerprint density at radius 1 is 1.14 bits per heavy atom. The SMILES string of the molecule is O=C(NC(N1CCCCC1)C(Cl)(Cl)Cl)c1ccc(Cl)cc1Cl. The molecule has 0 aromatic heterocycles. The summed E-state index contributed by atoms with van der Waals surface area (Å²) in [7, 11) is 0. The highest BCUT2D eigenvalue weighted by molar-refractivity contribution is 6.68. The van der Waals surface area contributed by atoms with Gasteiger partial charge in [-0.05, 0) is 31.0 Å². The Morgan fingerprint density at radius 3 is 2.32 bits per heavy atom. The van der Waals surface area contributed by atoms with Crippen molar-refractivity contribution in [1.82, 2.24) is 10.2 Å².